The maximum Gasteiger partial charge on any atom is 0.228 e. The van der Waals surface area contributed by atoms with Gasteiger partial charge in [0, 0.05) is 0 Å². The largest absolute Gasteiger partial charge is 0.343 e. The molecule has 2 aliphatic rings. The molecule has 1 N–H and O–H groups in total. The van der Waals surface area contributed by atoms with Gasteiger partial charge in [0.1, 0.15) is 5.54 Å². The minimum atomic E-state index is -0.456. The Balaban J connectivity index is 2.18. The number of ketones is 1. The predicted octanol–water partition coefficient (Wildman–Crippen LogP) is 0.341. The Kier molecular flexibility index (Phi) is 1.87. The van der Waals surface area contributed by atoms with Crippen LogP contribution in [0.2, 0.25) is 0 Å². The first kappa shape index (κ1) is 8.10. The van der Waals surface area contributed by atoms with E-state index in [1.807, 2.05) is 11.8 Å². The lowest BCUT2D eigenvalue weighted by Crippen LogP contribution is -2.49. The summed E-state index contributed by atoms with van der Waals surface area (Å²) in [5.41, 5.74) is -0.456. The van der Waals surface area contributed by atoms with E-state index in [0.29, 0.717) is 0 Å². The zero-order chi connectivity index (χ0) is 8.60. The third-order valence-electron chi connectivity index (χ3n) is 2.58. The standard InChI is InChI=1S/C8H11NO2S/c10-6-5-7(11)9-8(6)1-3-12-4-2-8/h1-5H2,(H,9,11). The summed E-state index contributed by atoms with van der Waals surface area (Å²) in [5.74, 6) is 2.00. The van der Waals surface area contributed by atoms with Gasteiger partial charge in [-0.3, -0.25) is 9.59 Å². The molecule has 0 unspecified atom stereocenters. The lowest BCUT2D eigenvalue weighted by Gasteiger charge is -2.30. The lowest BCUT2D eigenvalue weighted by atomic mass is 9.89. The fourth-order valence-corrected chi connectivity index (χ4v) is 3.01. The molecule has 0 radical (unpaired) electrons. The number of carbonyl (C=O) groups is 2. The summed E-state index contributed by atoms with van der Waals surface area (Å²) in [4.78, 5) is 22.5. The maximum absolute atomic E-state index is 11.5. The Morgan fingerprint density at radius 1 is 1.25 bits per heavy atom. The highest BCUT2D eigenvalue weighted by atomic mass is 32.2. The van der Waals surface area contributed by atoms with Crippen LogP contribution in [0.25, 0.3) is 0 Å². The van der Waals surface area contributed by atoms with E-state index in [9.17, 15) is 9.59 Å². The van der Waals surface area contributed by atoms with Crippen LogP contribution in [0.4, 0.5) is 0 Å². The second-order valence-corrected chi connectivity index (χ2v) is 4.57. The van der Waals surface area contributed by atoms with Gasteiger partial charge < -0.3 is 5.32 Å². The molecule has 0 bridgehead atoms. The summed E-state index contributed by atoms with van der Waals surface area (Å²) < 4.78 is 0. The van der Waals surface area contributed by atoms with E-state index in [0.717, 1.165) is 24.3 Å². The Labute approximate surface area is 75.3 Å². The monoisotopic (exact) mass is 185 g/mol. The molecule has 0 atom stereocenters. The quantitative estimate of drug-likeness (QED) is 0.554. The Morgan fingerprint density at radius 3 is 2.42 bits per heavy atom. The molecule has 66 valence electrons. The summed E-state index contributed by atoms with van der Waals surface area (Å²) >= 11 is 1.86. The maximum atomic E-state index is 11.5. The normalized spacial score (nSPS) is 27.7. The number of hydrogen-bond donors (Lipinski definition) is 1. The van der Waals surface area contributed by atoms with Crippen LogP contribution in [-0.2, 0) is 9.59 Å². The molecule has 0 saturated carbocycles. The van der Waals surface area contributed by atoms with Gasteiger partial charge in [-0.05, 0) is 24.3 Å². The first-order valence-electron chi connectivity index (χ1n) is 4.15. The topological polar surface area (TPSA) is 46.2 Å². The van der Waals surface area contributed by atoms with Gasteiger partial charge >= 0.3 is 0 Å². The Hall–Kier alpha value is -0.510. The van der Waals surface area contributed by atoms with E-state index in [2.05, 4.69) is 5.32 Å². The van der Waals surface area contributed by atoms with Crippen molar-refractivity contribution in [3.8, 4) is 0 Å². The highest BCUT2D eigenvalue weighted by Gasteiger charge is 2.46. The van der Waals surface area contributed by atoms with E-state index < -0.39 is 5.54 Å². The molecular formula is C8H11NO2S. The highest BCUT2D eigenvalue weighted by Crippen LogP contribution is 2.31. The number of carbonyl (C=O) groups excluding carboxylic acids is 2. The van der Waals surface area contributed by atoms with E-state index in [1.165, 1.54) is 0 Å². The van der Waals surface area contributed by atoms with E-state index in [1.54, 1.807) is 0 Å². The van der Waals surface area contributed by atoms with Crippen molar-refractivity contribution in [3.63, 3.8) is 0 Å². The van der Waals surface area contributed by atoms with Crippen molar-refractivity contribution in [2.24, 2.45) is 0 Å². The van der Waals surface area contributed by atoms with Crippen molar-refractivity contribution in [1.29, 1.82) is 0 Å². The molecule has 2 aliphatic heterocycles. The fourth-order valence-electron chi connectivity index (χ4n) is 1.82. The van der Waals surface area contributed by atoms with Crippen molar-refractivity contribution >= 4 is 23.5 Å². The van der Waals surface area contributed by atoms with Crippen molar-refractivity contribution in [1.82, 2.24) is 5.32 Å². The highest BCUT2D eigenvalue weighted by molar-refractivity contribution is 7.99. The molecule has 2 rings (SSSR count). The number of rotatable bonds is 0. The van der Waals surface area contributed by atoms with Crippen molar-refractivity contribution in [3.05, 3.63) is 0 Å². The number of hydrogen-bond acceptors (Lipinski definition) is 3. The Bertz CT molecular complexity index is 233. The smallest absolute Gasteiger partial charge is 0.228 e. The van der Waals surface area contributed by atoms with Crippen LogP contribution in [-0.4, -0.2) is 28.7 Å². The van der Waals surface area contributed by atoms with Crippen LogP contribution >= 0.6 is 11.8 Å². The molecule has 1 amide bonds. The van der Waals surface area contributed by atoms with Gasteiger partial charge in [0.05, 0.1) is 6.42 Å². The van der Waals surface area contributed by atoms with Crippen molar-refractivity contribution < 1.29 is 9.59 Å². The van der Waals surface area contributed by atoms with Crippen LogP contribution in [0.15, 0.2) is 0 Å². The molecular weight excluding hydrogens is 174 g/mol. The van der Waals surface area contributed by atoms with Crippen molar-refractivity contribution in [2.75, 3.05) is 11.5 Å². The number of amides is 1. The summed E-state index contributed by atoms with van der Waals surface area (Å²) in [7, 11) is 0. The van der Waals surface area contributed by atoms with E-state index in [4.69, 9.17) is 0 Å². The zero-order valence-electron chi connectivity index (χ0n) is 6.76. The minimum absolute atomic E-state index is 0.0908. The fraction of sp³-hybridized carbons (Fsp3) is 0.750. The van der Waals surface area contributed by atoms with Gasteiger partial charge in [-0.2, -0.15) is 11.8 Å². The van der Waals surface area contributed by atoms with Gasteiger partial charge in [-0.25, -0.2) is 0 Å². The molecule has 3 nitrogen and oxygen atoms in total. The first-order chi connectivity index (χ1) is 5.73. The van der Waals surface area contributed by atoms with E-state index >= 15 is 0 Å². The van der Waals surface area contributed by atoms with Crippen molar-refractivity contribution in [2.45, 2.75) is 24.8 Å². The molecule has 2 fully saturated rings. The summed E-state index contributed by atoms with van der Waals surface area (Å²) in [6.45, 7) is 0. The van der Waals surface area contributed by atoms with Gasteiger partial charge in [-0.1, -0.05) is 0 Å². The second kappa shape index (κ2) is 2.76. The van der Waals surface area contributed by atoms with Gasteiger partial charge in [-0.15, -0.1) is 0 Å². The molecule has 12 heavy (non-hydrogen) atoms. The van der Waals surface area contributed by atoms with Crippen LogP contribution in [0, 0.1) is 0 Å². The number of Topliss-reactive ketones (excluding diaryl/α,β-unsaturated/α-hetero) is 1. The predicted molar refractivity (Wildman–Crippen MR) is 47.1 cm³/mol. The van der Waals surface area contributed by atoms with Gasteiger partial charge in [0.25, 0.3) is 0 Å². The molecule has 2 saturated heterocycles. The lowest BCUT2D eigenvalue weighted by molar-refractivity contribution is -0.123. The number of nitrogens with one attached hydrogen (secondary N) is 1. The van der Waals surface area contributed by atoms with Crippen LogP contribution in [0.1, 0.15) is 19.3 Å². The molecule has 0 aromatic rings. The molecule has 4 heteroatoms. The average Bonchev–Trinajstić information content (AvgIpc) is 2.29. The van der Waals surface area contributed by atoms with E-state index in [-0.39, 0.29) is 18.1 Å². The van der Waals surface area contributed by atoms with Gasteiger partial charge in [0.15, 0.2) is 5.78 Å². The summed E-state index contributed by atoms with van der Waals surface area (Å²) in [6, 6.07) is 0. The average molecular weight is 185 g/mol. The van der Waals surface area contributed by atoms with Crippen LogP contribution in [0.3, 0.4) is 0 Å². The number of thioether (sulfide) groups is 1. The molecule has 0 aromatic carbocycles. The first-order valence-corrected chi connectivity index (χ1v) is 5.30. The third kappa shape index (κ3) is 1.14. The summed E-state index contributed by atoms with van der Waals surface area (Å²) in [6.07, 6.45) is 1.75. The SMILES string of the molecule is O=C1CC(=O)C2(CCSCC2)N1. The molecule has 0 aromatic heterocycles. The van der Waals surface area contributed by atoms with Crippen LogP contribution in [0.5, 0.6) is 0 Å². The minimum Gasteiger partial charge on any atom is -0.343 e. The second-order valence-electron chi connectivity index (χ2n) is 3.34. The summed E-state index contributed by atoms with van der Waals surface area (Å²) in [5, 5.41) is 2.82. The van der Waals surface area contributed by atoms with Gasteiger partial charge in [0.2, 0.25) is 5.91 Å². The zero-order valence-corrected chi connectivity index (χ0v) is 7.58. The van der Waals surface area contributed by atoms with Crippen LogP contribution < -0.4 is 5.32 Å². The Morgan fingerprint density at radius 2 is 1.92 bits per heavy atom. The third-order valence-corrected chi connectivity index (χ3v) is 3.57. The molecule has 0 aliphatic carbocycles. The molecule has 2 heterocycles. The molecule has 1 spiro atoms.